The number of anilines is 3. The summed E-state index contributed by atoms with van der Waals surface area (Å²) in [7, 11) is 1.62. The topological polar surface area (TPSA) is 108 Å². The smallest absolute Gasteiger partial charge is 0.160 e. The highest BCUT2D eigenvalue weighted by Crippen LogP contribution is 2.27. The lowest BCUT2D eigenvalue weighted by Crippen LogP contribution is -2.15. The molecule has 148 valence electrons. The van der Waals surface area contributed by atoms with Crippen LogP contribution in [-0.4, -0.2) is 34.0 Å². The molecule has 29 heavy (non-hydrogen) atoms. The molecule has 8 nitrogen and oxygen atoms in total. The van der Waals surface area contributed by atoms with Crippen LogP contribution in [-0.2, 0) is 0 Å². The Morgan fingerprint density at radius 3 is 2.62 bits per heavy atom. The van der Waals surface area contributed by atoms with Crippen molar-refractivity contribution in [3.05, 3.63) is 66.2 Å². The van der Waals surface area contributed by atoms with Crippen LogP contribution in [0.3, 0.4) is 0 Å². The lowest BCUT2D eigenvalue weighted by atomic mass is 10.0. The third-order valence-electron chi connectivity index (χ3n) is 4.12. The fourth-order valence-electron chi connectivity index (χ4n) is 2.56. The Kier molecular flexibility index (Phi) is 6.47. The molecule has 1 aromatic carbocycles. The summed E-state index contributed by atoms with van der Waals surface area (Å²) in [4.78, 5) is 12.6. The van der Waals surface area contributed by atoms with Crippen molar-refractivity contribution >= 4 is 29.2 Å². The maximum atomic E-state index is 8.57. The van der Waals surface area contributed by atoms with Crippen molar-refractivity contribution in [2.75, 3.05) is 17.9 Å². The van der Waals surface area contributed by atoms with Gasteiger partial charge in [0.15, 0.2) is 5.82 Å². The highest BCUT2D eigenvalue weighted by molar-refractivity contribution is 6.07. The van der Waals surface area contributed by atoms with Crippen LogP contribution in [0.15, 0.2) is 60.2 Å². The van der Waals surface area contributed by atoms with Gasteiger partial charge in [-0.3, -0.25) is 10.4 Å². The number of methoxy groups -OCH3 is 1. The summed E-state index contributed by atoms with van der Waals surface area (Å²) in [5.74, 6) is 1.68. The molecule has 3 rings (SSSR count). The van der Waals surface area contributed by atoms with Crippen LogP contribution < -0.4 is 15.5 Å². The van der Waals surface area contributed by atoms with E-state index in [9.17, 15) is 0 Å². The Balaban J connectivity index is 1.92. The second kappa shape index (κ2) is 9.41. The summed E-state index contributed by atoms with van der Waals surface area (Å²) >= 11 is 0. The van der Waals surface area contributed by atoms with Crippen LogP contribution in [0.25, 0.3) is 0 Å². The van der Waals surface area contributed by atoms with Crippen LogP contribution in [0.1, 0.15) is 25.0 Å². The van der Waals surface area contributed by atoms with Crippen LogP contribution in [0.5, 0.6) is 5.75 Å². The Labute approximate surface area is 169 Å². The molecule has 0 aliphatic rings. The van der Waals surface area contributed by atoms with Gasteiger partial charge in [-0.2, -0.15) is 5.10 Å². The predicted molar refractivity (Wildman–Crippen MR) is 115 cm³/mol. The summed E-state index contributed by atoms with van der Waals surface area (Å²) < 4.78 is 5.28. The van der Waals surface area contributed by atoms with Crippen molar-refractivity contribution in [1.82, 2.24) is 15.0 Å². The number of hydrogen-bond donors (Lipinski definition) is 3. The van der Waals surface area contributed by atoms with Gasteiger partial charge in [0.1, 0.15) is 17.9 Å². The Morgan fingerprint density at radius 2 is 1.90 bits per heavy atom. The molecule has 2 aromatic heterocycles. The maximum Gasteiger partial charge on any atom is 0.160 e. The molecule has 8 heteroatoms. The molecule has 0 amide bonds. The summed E-state index contributed by atoms with van der Waals surface area (Å²) in [5.41, 5.74) is 5.60. The standard InChI is InChI=1S/C21H23N7O/c1-14(2)19(22)18-20(27-16-5-4-6-17(11-16)29-3)24-13-25-21(18)28-26-12-15-7-9-23-10-8-15/h4-14,22H,1-3H3,(H2,24,25,27,28)/b22-19?,26-12+. The second-order valence-corrected chi connectivity index (χ2v) is 6.52. The minimum atomic E-state index is -0.0170. The summed E-state index contributed by atoms with van der Waals surface area (Å²) in [5, 5.41) is 16.1. The number of ether oxygens (including phenoxy) is 1. The monoisotopic (exact) mass is 389 g/mol. The molecule has 0 spiro atoms. The van der Waals surface area contributed by atoms with Gasteiger partial charge in [0, 0.05) is 29.9 Å². The molecule has 0 atom stereocenters. The largest absolute Gasteiger partial charge is 0.497 e. The lowest BCUT2D eigenvalue weighted by molar-refractivity contribution is 0.415. The number of nitrogens with zero attached hydrogens (tertiary/aromatic N) is 4. The molecule has 0 aliphatic heterocycles. The van der Waals surface area contributed by atoms with Crippen molar-refractivity contribution in [2.45, 2.75) is 13.8 Å². The molecule has 2 heterocycles. The molecule has 0 saturated carbocycles. The van der Waals surface area contributed by atoms with Gasteiger partial charge >= 0.3 is 0 Å². The van der Waals surface area contributed by atoms with Gasteiger partial charge in [0.25, 0.3) is 0 Å². The van der Waals surface area contributed by atoms with Crippen molar-refractivity contribution in [1.29, 1.82) is 5.41 Å². The number of benzene rings is 1. The van der Waals surface area contributed by atoms with Crippen molar-refractivity contribution in [2.24, 2.45) is 11.0 Å². The normalized spacial score (nSPS) is 10.9. The van der Waals surface area contributed by atoms with Gasteiger partial charge in [-0.25, -0.2) is 9.97 Å². The highest BCUT2D eigenvalue weighted by Gasteiger charge is 2.19. The van der Waals surface area contributed by atoms with E-state index < -0.39 is 0 Å². The lowest BCUT2D eigenvalue weighted by Gasteiger charge is -2.17. The van der Waals surface area contributed by atoms with E-state index in [-0.39, 0.29) is 5.92 Å². The Hall–Kier alpha value is -3.81. The molecule has 3 N–H and O–H groups in total. The zero-order valence-corrected chi connectivity index (χ0v) is 16.5. The number of aromatic nitrogens is 3. The molecule has 0 bridgehead atoms. The van der Waals surface area contributed by atoms with E-state index in [0.717, 1.165) is 17.0 Å². The number of hydrogen-bond acceptors (Lipinski definition) is 8. The molecule has 3 aromatic rings. The summed E-state index contributed by atoms with van der Waals surface area (Å²) in [6, 6.07) is 11.2. The SMILES string of the molecule is COc1cccc(Nc2ncnc(N/N=C/c3ccncc3)c2C(=N)C(C)C)c1. The van der Waals surface area contributed by atoms with Crippen LogP contribution >= 0.6 is 0 Å². The van der Waals surface area contributed by atoms with Gasteiger partial charge < -0.3 is 15.5 Å². The maximum absolute atomic E-state index is 8.57. The van der Waals surface area contributed by atoms with Crippen LogP contribution in [0, 0.1) is 11.3 Å². The molecule has 0 radical (unpaired) electrons. The fraction of sp³-hybridized carbons (Fsp3) is 0.190. The van der Waals surface area contributed by atoms with Gasteiger partial charge in [0.2, 0.25) is 0 Å². The van der Waals surface area contributed by atoms with E-state index in [4.69, 9.17) is 10.1 Å². The van der Waals surface area contributed by atoms with E-state index in [1.165, 1.54) is 6.33 Å². The number of pyridine rings is 1. The zero-order valence-electron chi connectivity index (χ0n) is 16.5. The third-order valence-corrected chi connectivity index (χ3v) is 4.12. The van der Waals surface area contributed by atoms with E-state index >= 15 is 0 Å². The Morgan fingerprint density at radius 1 is 1.14 bits per heavy atom. The first-order valence-electron chi connectivity index (χ1n) is 9.12. The zero-order chi connectivity index (χ0) is 20.6. The number of rotatable bonds is 8. The first-order valence-corrected chi connectivity index (χ1v) is 9.12. The predicted octanol–water partition coefficient (Wildman–Crippen LogP) is 4.09. The molecule has 0 saturated heterocycles. The Bertz CT molecular complexity index is 1000. The van der Waals surface area contributed by atoms with Gasteiger partial charge in [0.05, 0.1) is 18.9 Å². The van der Waals surface area contributed by atoms with Crippen molar-refractivity contribution in [3.8, 4) is 5.75 Å². The summed E-state index contributed by atoms with van der Waals surface area (Å²) in [6.45, 7) is 3.91. The van der Waals surface area contributed by atoms with E-state index in [0.29, 0.717) is 22.9 Å². The minimum Gasteiger partial charge on any atom is -0.497 e. The molecule has 0 aliphatic carbocycles. The number of nitrogens with one attached hydrogen (secondary N) is 3. The minimum absolute atomic E-state index is 0.0170. The quantitative estimate of drug-likeness (QED) is 0.395. The molecular formula is C21H23N7O. The third kappa shape index (κ3) is 5.13. The van der Waals surface area contributed by atoms with Gasteiger partial charge in [-0.15, -0.1) is 0 Å². The number of hydrazone groups is 1. The molecule has 0 unspecified atom stereocenters. The van der Waals surface area contributed by atoms with Crippen molar-refractivity contribution < 1.29 is 4.74 Å². The average molecular weight is 389 g/mol. The van der Waals surface area contributed by atoms with Crippen LogP contribution in [0.4, 0.5) is 17.3 Å². The fourth-order valence-corrected chi connectivity index (χ4v) is 2.56. The van der Waals surface area contributed by atoms with E-state index in [1.807, 2.05) is 50.2 Å². The van der Waals surface area contributed by atoms with Gasteiger partial charge in [-0.05, 0) is 35.7 Å². The van der Waals surface area contributed by atoms with E-state index in [2.05, 4.69) is 30.8 Å². The first kappa shape index (κ1) is 19.9. The average Bonchev–Trinajstić information content (AvgIpc) is 2.74. The highest BCUT2D eigenvalue weighted by atomic mass is 16.5. The first-order chi connectivity index (χ1) is 14.1. The van der Waals surface area contributed by atoms with Gasteiger partial charge in [-0.1, -0.05) is 19.9 Å². The second-order valence-electron chi connectivity index (χ2n) is 6.52. The summed E-state index contributed by atoms with van der Waals surface area (Å²) in [6.07, 6.45) is 6.50. The van der Waals surface area contributed by atoms with Crippen molar-refractivity contribution in [3.63, 3.8) is 0 Å². The molecular weight excluding hydrogens is 366 g/mol. The molecule has 0 fully saturated rings. The van der Waals surface area contributed by atoms with Crippen LogP contribution in [0.2, 0.25) is 0 Å². The van der Waals surface area contributed by atoms with E-state index in [1.54, 1.807) is 25.7 Å².